The van der Waals surface area contributed by atoms with Gasteiger partial charge in [-0.1, -0.05) is 48.5 Å². The van der Waals surface area contributed by atoms with E-state index in [0.717, 1.165) is 22.2 Å². The lowest BCUT2D eigenvalue weighted by molar-refractivity contribution is -0.118. The van der Waals surface area contributed by atoms with Crippen LogP contribution in [0.3, 0.4) is 0 Å². The smallest absolute Gasteiger partial charge is 0.237 e. The molecule has 0 atom stereocenters. The van der Waals surface area contributed by atoms with Crippen LogP contribution in [0.4, 0.5) is 0 Å². The highest BCUT2D eigenvalue weighted by atomic mass is 16.1. The van der Waals surface area contributed by atoms with Crippen molar-refractivity contribution in [3.63, 3.8) is 0 Å². The maximum atomic E-state index is 11.3. The molecule has 0 bridgehead atoms. The quantitative estimate of drug-likeness (QED) is 0.763. The Morgan fingerprint density at radius 1 is 1.00 bits per heavy atom. The number of rotatable bonds is 3. The molecular weight excluding hydrogens is 236 g/mol. The van der Waals surface area contributed by atoms with Crippen LogP contribution in [0.2, 0.25) is 0 Å². The first-order chi connectivity index (χ1) is 9.25. The number of primary amides is 1. The van der Waals surface area contributed by atoms with Gasteiger partial charge in [-0.2, -0.15) is 0 Å². The van der Waals surface area contributed by atoms with Crippen LogP contribution in [-0.4, -0.2) is 10.5 Å². The molecule has 3 rings (SSSR count). The van der Waals surface area contributed by atoms with Gasteiger partial charge in [-0.3, -0.25) is 4.79 Å². The summed E-state index contributed by atoms with van der Waals surface area (Å²) in [7, 11) is 0. The molecule has 0 fully saturated rings. The second kappa shape index (κ2) is 4.61. The van der Waals surface area contributed by atoms with E-state index in [1.54, 1.807) is 0 Å². The summed E-state index contributed by atoms with van der Waals surface area (Å²) >= 11 is 0. The van der Waals surface area contributed by atoms with Crippen LogP contribution < -0.4 is 5.73 Å². The Bertz CT molecular complexity index is 729. The van der Waals surface area contributed by atoms with E-state index in [-0.39, 0.29) is 12.5 Å². The summed E-state index contributed by atoms with van der Waals surface area (Å²) in [4.78, 5) is 11.3. The van der Waals surface area contributed by atoms with E-state index in [4.69, 9.17) is 5.73 Å². The van der Waals surface area contributed by atoms with Crippen LogP contribution >= 0.6 is 0 Å². The Balaban J connectivity index is 2.26. The Hall–Kier alpha value is -2.55. The van der Waals surface area contributed by atoms with Gasteiger partial charge in [0, 0.05) is 16.6 Å². The minimum atomic E-state index is -0.335. The summed E-state index contributed by atoms with van der Waals surface area (Å²) in [5.41, 5.74) is 8.49. The van der Waals surface area contributed by atoms with Gasteiger partial charge in [-0.25, -0.2) is 0 Å². The highest BCUT2D eigenvalue weighted by molar-refractivity contribution is 5.89. The van der Waals surface area contributed by atoms with Gasteiger partial charge in [0.15, 0.2) is 0 Å². The fourth-order valence-corrected chi connectivity index (χ4v) is 2.38. The Morgan fingerprint density at radius 3 is 2.42 bits per heavy atom. The van der Waals surface area contributed by atoms with Gasteiger partial charge in [0.25, 0.3) is 0 Å². The van der Waals surface area contributed by atoms with Crippen molar-refractivity contribution in [1.29, 1.82) is 0 Å². The second-order valence-corrected chi connectivity index (χ2v) is 4.51. The zero-order chi connectivity index (χ0) is 13.2. The highest BCUT2D eigenvalue weighted by Gasteiger charge is 2.11. The van der Waals surface area contributed by atoms with Crippen LogP contribution in [0.1, 0.15) is 0 Å². The lowest BCUT2D eigenvalue weighted by atomic mass is 10.1. The molecule has 3 aromatic rings. The number of carbonyl (C=O) groups is 1. The van der Waals surface area contributed by atoms with Gasteiger partial charge in [0.05, 0.1) is 0 Å². The summed E-state index contributed by atoms with van der Waals surface area (Å²) in [5, 5.41) is 1.11. The van der Waals surface area contributed by atoms with Gasteiger partial charge >= 0.3 is 0 Å². The monoisotopic (exact) mass is 250 g/mol. The zero-order valence-corrected chi connectivity index (χ0v) is 10.4. The van der Waals surface area contributed by atoms with Gasteiger partial charge in [0.2, 0.25) is 5.91 Å². The van der Waals surface area contributed by atoms with Gasteiger partial charge in [-0.05, 0) is 17.7 Å². The van der Waals surface area contributed by atoms with Crippen LogP contribution in [-0.2, 0) is 11.3 Å². The standard InChI is InChI=1S/C16H14N2O/c17-16(19)11-18-14-9-5-4-8-13(14)10-15(18)12-6-2-1-3-7-12/h1-10H,11H2,(H2,17,19). The first kappa shape index (κ1) is 11.5. The van der Waals surface area contributed by atoms with Crippen molar-refractivity contribution in [2.75, 3.05) is 0 Å². The molecule has 0 radical (unpaired) electrons. The molecule has 0 unspecified atom stereocenters. The number of hydrogen-bond donors (Lipinski definition) is 1. The number of aromatic nitrogens is 1. The lowest BCUT2D eigenvalue weighted by Gasteiger charge is -2.08. The van der Waals surface area contributed by atoms with Gasteiger partial charge < -0.3 is 10.3 Å². The molecule has 0 spiro atoms. The molecule has 3 nitrogen and oxygen atoms in total. The molecule has 2 N–H and O–H groups in total. The molecule has 0 aliphatic rings. The molecule has 2 aromatic carbocycles. The summed E-state index contributed by atoms with van der Waals surface area (Å²) in [5.74, 6) is -0.335. The van der Waals surface area contributed by atoms with E-state index in [0.29, 0.717) is 0 Å². The Morgan fingerprint density at radius 2 is 1.68 bits per heavy atom. The molecule has 0 aliphatic carbocycles. The number of hydrogen-bond acceptors (Lipinski definition) is 1. The molecule has 1 heterocycles. The molecular formula is C16H14N2O. The van der Waals surface area contributed by atoms with Crippen molar-refractivity contribution in [2.45, 2.75) is 6.54 Å². The number of benzene rings is 2. The van der Waals surface area contributed by atoms with Gasteiger partial charge in [-0.15, -0.1) is 0 Å². The molecule has 3 heteroatoms. The first-order valence-corrected chi connectivity index (χ1v) is 6.18. The number of para-hydroxylation sites is 1. The van der Waals surface area contributed by atoms with E-state index >= 15 is 0 Å². The van der Waals surface area contributed by atoms with Crippen molar-refractivity contribution in [1.82, 2.24) is 4.57 Å². The van der Waals surface area contributed by atoms with Crippen molar-refractivity contribution < 1.29 is 4.79 Å². The molecule has 0 saturated heterocycles. The summed E-state index contributed by atoms with van der Waals surface area (Å²) < 4.78 is 1.97. The maximum Gasteiger partial charge on any atom is 0.237 e. The van der Waals surface area contributed by atoms with Crippen molar-refractivity contribution in [3.8, 4) is 11.3 Å². The molecule has 0 saturated carbocycles. The van der Waals surface area contributed by atoms with Crippen LogP contribution in [0.25, 0.3) is 22.2 Å². The van der Waals surface area contributed by atoms with E-state index in [1.807, 2.05) is 59.2 Å². The number of fused-ring (bicyclic) bond motifs is 1. The lowest BCUT2D eigenvalue weighted by Crippen LogP contribution is -2.19. The van der Waals surface area contributed by atoms with Crippen LogP contribution in [0.5, 0.6) is 0 Å². The molecule has 19 heavy (non-hydrogen) atoms. The minimum absolute atomic E-state index is 0.192. The van der Waals surface area contributed by atoms with E-state index in [2.05, 4.69) is 6.07 Å². The van der Waals surface area contributed by atoms with E-state index < -0.39 is 0 Å². The zero-order valence-electron chi connectivity index (χ0n) is 10.4. The topological polar surface area (TPSA) is 48.0 Å². The predicted molar refractivity (Wildman–Crippen MR) is 76.6 cm³/mol. The fourth-order valence-electron chi connectivity index (χ4n) is 2.38. The molecule has 1 aromatic heterocycles. The normalized spacial score (nSPS) is 10.7. The van der Waals surface area contributed by atoms with Crippen molar-refractivity contribution in [3.05, 3.63) is 60.7 Å². The number of nitrogens with zero attached hydrogens (tertiary/aromatic N) is 1. The number of amides is 1. The summed E-state index contributed by atoms with van der Waals surface area (Å²) in [6.45, 7) is 0.192. The van der Waals surface area contributed by atoms with E-state index in [1.165, 1.54) is 0 Å². The molecule has 0 aliphatic heterocycles. The van der Waals surface area contributed by atoms with Crippen LogP contribution in [0, 0.1) is 0 Å². The van der Waals surface area contributed by atoms with Crippen molar-refractivity contribution in [2.24, 2.45) is 5.73 Å². The largest absolute Gasteiger partial charge is 0.368 e. The summed E-state index contributed by atoms with van der Waals surface area (Å²) in [6.07, 6.45) is 0. The Kier molecular flexibility index (Phi) is 2.80. The molecule has 94 valence electrons. The van der Waals surface area contributed by atoms with Crippen LogP contribution in [0.15, 0.2) is 60.7 Å². The third-order valence-corrected chi connectivity index (χ3v) is 3.19. The maximum absolute atomic E-state index is 11.3. The third-order valence-electron chi connectivity index (χ3n) is 3.19. The molecule has 1 amide bonds. The average molecular weight is 250 g/mol. The predicted octanol–water partition coefficient (Wildman–Crippen LogP) is 2.79. The summed E-state index contributed by atoms with van der Waals surface area (Å²) in [6, 6.07) is 20.1. The minimum Gasteiger partial charge on any atom is -0.368 e. The Labute approximate surface area is 111 Å². The number of carbonyl (C=O) groups excluding carboxylic acids is 1. The highest BCUT2D eigenvalue weighted by Crippen LogP contribution is 2.27. The van der Waals surface area contributed by atoms with E-state index in [9.17, 15) is 4.79 Å². The number of nitrogens with two attached hydrogens (primary N) is 1. The van der Waals surface area contributed by atoms with Crippen molar-refractivity contribution >= 4 is 16.8 Å². The SMILES string of the molecule is NC(=O)Cn1c(-c2ccccc2)cc2ccccc21. The average Bonchev–Trinajstić information content (AvgIpc) is 2.78. The third kappa shape index (κ3) is 2.10. The first-order valence-electron chi connectivity index (χ1n) is 6.18. The fraction of sp³-hybridized carbons (Fsp3) is 0.0625. The second-order valence-electron chi connectivity index (χ2n) is 4.51. The van der Waals surface area contributed by atoms with Gasteiger partial charge in [0.1, 0.15) is 6.54 Å².